The summed E-state index contributed by atoms with van der Waals surface area (Å²) in [5.41, 5.74) is 3.69. The number of nitrogens with one attached hydrogen (secondary N) is 1. The van der Waals surface area contributed by atoms with Crippen molar-refractivity contribution in [2.75, 3.05) is 12.4 Å². The SMILES string of the molecule is COc1ncccc1Nc1cc2nc3cc(F)ccc3n(-c3ccc(OC(F)(F)F)cc3)c-2c/c1=N\C1CCC(O)CC1. The van der Waals surface area contributed by atoms with Gasteiger partial charge in [-0.15, -0.1) is 13.2 Å². The van der Waals surface area contributed by atoms with Crippen molar-refractivity contribution in [3.05, 3.63) is 84.1 Å². The van der Waals surface area contributed by atoms with E-state index in [1.165, 1.54) is 43.5 Å². The third-order valence-corrected chi connectivity index (χ3v) is 7.30. The Morgan fingerprint density at radius 2 is 1.74 bits per heavy atom. The summed E-state index contributed by atoms with van der Waals surface area (Å²) in [5, 5.41) is 14.0. The molecular weight excluding hydrogens is 566 g/mol. The zero-order valence-corrected chi connectivity index (χ0v) is 23.0. The Balaban J connectivity index is 1.57. The van der Waals surface area contributed by atoms with Crippen molar-refractivity contribution in [3.8, 4) is 28.7 Å². The van der Waals surface area contributed by atoms with Crippen LogP contribution in [-0.4, -0.2) is 45.3 Å². The highest BCUT2D eigenvalue weighted by molar-refractivity contribution is 5.84. The number of fused-ring (bicyclic) bond motifs is 2. The van der Waals surface area contributed by atoms with Crippen LogP contribution in [0.4, 0.5) is 28.9 Å². The van der Waals surface area contributed by atoms with Crippen molar-refractivity contribution in [2.45, 2.75) is 44.2 Å². The van der Waals surface area contributed by atoms with Crippen LogP contribution in [0.2, 0.25) is 0 Å². The lowest BCUT2D eigenvalue weighted by Crippen LogP contribution is -2.24. The second-order valence-corrected chi connectivity index (χ2v) is 10.3. The van der Waals surface area contributed by atoms with E-state index < -0.39 is 12.2 Å². The van der Waals surface area contributed by atoms with Crippen molar-refractivity contribution >= 4 is 22.4 Å². The Bertz CT molecular complexity index is 1800. The molecule has 2 N–H and O–H groups in total. The van der Waals surface area contributed by atoms with Crippen LogP contribution in [0.1, 0.15) is 25.7 Å². The molecule has 0 radical (unpaired) electrons. The third kappa shape index (κ3) is 6.24. The van der Waals surface area contributed by atoms with Gasteiger partial charge in [0, 0.05) is 18.0 Å². The number of anilines is 2. The fraction of sp³-hybridized carbons (Fsp3) is 0.258. The average molecular weight is 594 g/mol. The molecule has 0 amide bonds. The van der Waals surface area contributed by atoms with Gasteiger partial charge >= 0.3 is 6.36 Å². The molecule has 2 aromatic carbocycles. The number of methoxy groups -OCH3 is 1. The van der Waals surface area contributed by atoms with Gasteiger partial charge in [-0.1, -0.05) is 0 Å². The molecule has 0 unspecified atom stereocenters. The molecule has 43 heavy (non-hydrogen) atoms. The number of pyridine rings is 1. The second-order valence-electron chi connectivity index (χ2n) is 10.3. The topological polar surface area (TPSA) is 93.8 Å². The zero-order valence-electron chi connectivity index (χ0n) is 23.0. The maximum absolute atomic E-state index is 14.3. The number of benzene rings is 3. The summed E-state index contributed by atoms with van der Waals surface area (Å²) < 4.78 is 64.0. The van der Waals surface area contributed by atoms with Crippen molar-refractivity contribution in [2.24, 2.45) is 4.99 Å². The molecule has 2 aliphatic carbocycles. The van der Waals surface area contributed by atoms with Gasteiger partial charge in [0.05, 0.1) is 52.7 Å². The van der Waals surface area contributed by atoms with Crippen LogP contribution in [0.5, 0.6) is 11.6 Å². The zero-order chi connectivity index (χ0) is 30.1. The van der Waals surface area contributed by atoms with Gasteiger partial charge in [0.25, 0.3) is 0 Å². The smallest absolute Gasteiger partial charge is 0.480 e. The summed E-state index contributed by atoms with van der Waals surface area (Å²) in [7, 11) is 1.52. The number of hydrogen-bond acceptors (Lipinski definition) is 7. The summed E-state index contributed by atoms with van der Waals surface area (Å²) >= 11 is 0. The quantitative estimate of drug-likeness (QED) is 0.172. The summed E-state index contributed by atoms with van der Waals surface area (Å²) in [4.78, 5) is 14.1. The Kier molecular flexibility index (Phi) is 7.61. The first kappa shape index (κ1) is 28.4. The summed E-state index contributed by atoms with van der Waals surface area (Å²) in [5.74, 6) is -0.471. The Morgan fingerprint density at radius 3 is 2.47 bits per heavy atom. The third-order valence-electron chi connectivity index (χ3n) is 7.30. The minimum Gasteiger partial charge on any atom is -0.480 e. The number of nitrogens with zero attached hydrogens (tertiary/aromatic N) is 4. The average Bonchev–Trinajstić information content (AvgIpc) is 2.97. The highest BCUT2D eigenvalue weighted by atomic mass is 19.4. The van der Waals surface area contributed by atoms with Crippen LogP contribution in [0.25, 0.3) is 28.1 Å². The molecule has 1 saturated carbocycles. The van der Waals surface area contributed by atoms with Gasteiger partial charge in [-0.2, -0.15) is 0 Å². The molecule has 6 rings (SSSR count). The van der Waals surface area contributed by atoms with Gasteiger partial charge < -0.3 is 24.5 Å². The van der Waals surface area contributed by atoms with Gasteiger partial charge in [0.1, 0.15) is 17.3 Å². The first-order valence-corrected chi connectivity index (χ1v) is 13.7. The normalized spacial score (nSPS) is 17.8. The molecule has 12 heteroatoms. The molecular formula is C31H27F4N5O3. The van der Waals surface area contributed by atoms with Crippen LogP contribution in [-0.2, 0) is 0 Å². The first-order valence-electron chi connectivity index (χ1n) is 13.7. The molecule has 1 aliphatic heterocycles. The predicted molar refractivity (Wildman–Crippen MR) is 152 cm³/mol. The van der Waals surface area contributed by atoms with E-state index in [-0.39, 0.29) is 17.9 Å². The van der Waals surface area contributed by atoms with Crippen LogP contribution >= 0.6 is 0 Å². The molecule has 3 aromatic rings. The molecule has 8 nitrogen and oxygen atoms in total. The van der Waals surface area contributed by atoms with Gasteiger partial charge in [-0.25, -0.2) is 14.4 Å². The van der Waals surface area contributed by atoms with E-state index >= 15 is 0 Å². The van der Waals surface area contributed by atoms with E-state index in [2.05, 4.69) is 15.0 Å². The van der Waals surface area contributed by atoms with Gasteiger partial charge in [-0.3, -0.25) is 4.99 Å². The van der Waals surface area contributed by atoms with Crippen LogP contribution in [0.15, 0.2) is 77.9 Å². The molecule has 222 valence electrons. The summed E-state index contributed by atoms with van der Waals surface area (Å²) in [6, 6.07) is 16.8. The standard InChI is InChI=1S/C31H27F4N5O3/c1-42-30-23(3-2-14-36-30)38-24-16-27-29(17-25(24)37-19-5-9-21(41)10-6-19)40(28-13-4-18(32)15-26(28)39-27)20-7-11-22(12-8-20)43-31(33,34)35/h2-4,7-8,11-17,19,21,38,41H,5-6,9-10H2,1H3/b37-25+. The van der Waals surface area contributed by atoms with E-state index in [4.69, 9.17) is 14.7 Å². The Morgan fingerprint density at radius 1 is 0.977 bits per heavy atom. The number of hydrogen-bond donors (Lipinski definition) is 2. The maximum Gasteiger partial charge on any atom is 0.573 e. The maximum atomic E-state index is 14.3. The van der Waals surface area contributed by atoms with Crippen LogP contribution in [0.3, 0.4) is 0 Å². The number of ether oxygens (including phenoxy) is 2. The molecule has 0 saturated heterocycles. The van der Waals surface area contributed by atoms with E-state index in [9.17, 15) is 22.7 Å². The minimum atomic E-state index is -4.83. The van der Waals surface area contributed by atoms with E-state index in [1.54, 1.807) is 29.0 Å². The number of halogens is 4. The lowest BCUT2D eigenvalue weighted by atomic mass is 9.93. The summed E-state index contributed by atoms with van der Waals surface area (Å²) in [6.07, 6.45) is -0.846. The van der Waals surface area contributed by atoms with Gasteiger partial charge in [0.15, 0.2) is 0 Å². The van der Waals surface area contributed by atoms with Gasteiger partial charge in [0.2, 0.25) is 5.88 Å². The number of aromatic nitrogens is 3. The fourth-order valence-electron chi connectivity index (χ4n) is 5.33. The van der Waals surface area contributed by atoms with Crippen molar-refractivity contribution in [1.29, 1.82) is 0 Å². The molecule has 2 heterocycles. The van der Waals surface area contributed by atoms with Crippen LogP contribution in [0, 0.1) is 5.82 Å². The number of aliphatic hydroxyl groups excluding tert-OH is 1. The van der Waals surface area contributed by atoms with E-state index in [0.717, 1.165) is 0 Å². The highest BCUT2D eigenvalue weighted by Crippen LogP contribution is 2.33. The lowest BCUT2D eigenvalue weighted by molar-refractivity contribution is -0.274. The van der Waals surface area contributed by atoms with Crippen molar-refractivity contribution in [3.63, 3.8) is 0 Å². The Labute approximate surface area is 243 Å². The second kappa shape index (κ2) is 11.5. The van der Waals surface area contributed by atoms with E-state index in [1.807, 2.05) is 12.1 Å². The monoisotopic (exact) mass is 593 g/mol. The van der Waals surface area contributed by atoms with Gasteiger partial charge in [-0.05, 0) is 86.3 Å². The highest BCUT2D eigenvalue weighted by Gasteiger charge is 2.31. The molecule has 0 spiro atoms. The molecule has 0 atom stereocenters. The minimum absolute atomic E-state index is 0.0352. The Hall–Kier alpha value is -4.71. The predicted octanol–water partition coefficient (Wildman–Crippen LogP) is 6.52. The molecule has 1 fully saturated rings. The molecule has 1 aromatic heterocycles. The van der Waals surface area contributed by atoms with Crippen molar-refractivity contribution in [1.82, 2.24) is 14.5 Å². The van der Waals surface area contributed by atoms with Crippen molar-refractivity contribution < 1.29 is 32.1 Å². The lowest BCUT2D eigenvalue weighted by Gasteiger charge is -2.23. The van der Waals surface area contributed by atoms with E-state index in [0.29, 0.717) is 76.4 Å². The largest absolute Gasteiger partial charge is 0.573 e. The number of alkyl halides is 3. The first-order chi connectivity index (χ1) is 20.7. The van der Waals surface area contributed by atoms with Crippen LogP contribution < -0.4 is 20.1 Å². The molecule has 0 bridgehead atoms. The fourth-order valence-corrected chi connectivity index (χ4v) is 5.33. The number of aliphatic hydroxyl groups is 1. The number of rotatable bonds is 6. The summed E-state index contributed by atoms with van der Waals surface area (Å²) in [6.45, 7) is 0. The molecule has 3 aliphatic rings.